The van der Waals surface area contributed by atoms with Gasteiger partial charge in [0.25, 0.3) is 5.56 Å². The van der Waals surface area contributed by atoms with E-state index in [-0.39, 0.29) is 17.9 Å². The summed E-state index contributed by atoms with van der Waals surface area (Å²) in [4.78, 5) is 26.0. The number of alkyl halides is 3. The molecule has 0 aliphatic rings. The normalized spacial score (nSPS) is 11.5. The van der Waals surface area contributed by atoms with Gasteiger partial charge >= 0.3 is 6.18 Å². The fourth-order valence-electron chi connectivity index (χ4n) is 1.96. The summed E-state index contributed by atoms with van der Waals surface area (Å²) in [5.41, 5.74) is 0.717. The van der Waals surface area contributed by atoms with Crippen molar-refractivity contribution in [3.8, 4) is 0 Å². The molecule has 0 radical (unpaired) electrons. The van der Waals surface area contributed by atoms with Crippen LogP contribution in [0.15, 0.2) is 23.1 Å². The standard InChI is InChI=1S/C14H16F3N5O/c1-9-20-11(8-12(23)21-9)4-7-19-13-18-6-3-10(22-13)2-5-14(15,16)17/h3,6,8H,2,4-5,7H2,1H3,(H,18,19,22)(H,20,21,23). The topological polar surface area (TPSA) is 83.6 Å². The smallest absolute Gasteiger partial charge is 0.354 e. The average molecular weight is 327 g/mol. The first kappa shape index (κ1) is 16.9. The Labute approximate surface area is 130 Å². The Kier molecular flexibility index (Phi) is 5.30. The monoisotopic (exact) mass is 327 g/mol. The molecule has 0 aliphatic heterocycles. The highest BCUT2D eigenvalue weighted by Gasteiger charge is 2.26. The first-order valence-electron chi connectivity index (χ1n) is 7.01. The van der Waals surface area contributed by atoms with Crippen molar-refractivity contribution in [3.05, 3.63) is 45.9 Å². The number of halogens is 3. The second-order valence-corrected chi connectivity index (χ2v) is 4.99. The highest BCUT2D eigenvalue weighted by atomic mass is 19.4. The Morgan fingerprint density at radius 1 is 1.22 bits per heavy atom. The zero-order chi connectivity index (χ0) is 16.9. The van der Waals surface area contributed by atoms with Crippen molar-refractivity contribution in [1.82, 2.24) is 19.9 Å². The number of nitrogens with one attached hydrogen (secondary N) is 2. The molecular formula is C14H16F3N5O. The quantitative estimate of drug-likeness (QED) is 0.848. The number of H-pyrrole nitrogens is 1. The molecular weight excluding hydrogens is 311 g/mol. The summed E-state index contributed by atoms with van der Waals surface area (Å²) in [5, 5.41) is 2.91. The molecule has 2 aromatic rings. The van der Waals surface area contributed by atoms with Crippen LogP contribution in [0.25, 0.3) is 0 Å². The van der Waals surface area contributed by atoms with Crippen molar-refractivity contribution in [1.29, 1.82) is 0 Å². The molecule has 0 saturated carbocycles. The minimum Gasteiger partial charge on any atom is -0.354 e. The predicted molar refractivity (Wildman–Crippen MR) is 78.2 cm³/mol. The van der Waals surface area contributed by atoms with E-state index in [0.29, 0.717) is 30.2 Å². The lowest BCUT2D eigenvalue weighted by Gasteiger charge is -2.08. The molecule has 2 heterocycles. The van der Waals surface area contributed by atoms with Gasteiger partial charge in [-0.05, 0) is 19.4 Å². The molecule has 9 heteroatoms. The molecule has 2 N–H and O–H groups in total. The summed E-state index contributed by atoms with van der Waals surface area (Å²) in [6.45, 7) is 2.10. The van der Waals surface area contributed by atoms with Crippen molar-refractivity contribution in [3.63, 3.8) is 0 Å². The first-order chi connectivity index (χ1) is 10.8. The molecule has 23 heavy (non-hydrogen) atoms. The minimum absolute atomic E-state index is 0.185. The fraction of sp³-hybridized carbons (Fsp3) is 0.429. The Balaban J connectivity index is 1.89. The van der Waals surface area contributed by atoms with Gasteiger partial charge in [0.15, 0.2) is 0 Å². The summed E-state index contributed by atoms with van der Waals surface area (Å²) < 4.78 is 36.6. The van der Waals surface area contributed by atoms with E-state index in [1.54, 1.807) is 6.92 Å². The summed E-state index contributed by atoms with van der Waals surface area (Å²) in [6.07, 6.45) is -3.42. The Bertz CT molecular complexity index is 714. The molecule has 0 aliphatic carbocycles. The maximum atomic E-state index is 12.2. The lowest BCUT2D eigenvalue weighted by molar-refractivity contribution is -0.134. The summed E-state index contributed by atoms with van der Waals surface area (Å²) >= 11 is 0. The molecule has 6 nitrogen and oxygen atoms in total. The van der Waals surface area contributed by atoms with Crippen LogP contribution in [-0.2, 0) is 12.8 Å². The van der Waals surface area contributed by atoms with Crippen LogP contribution in [0.1, 0.15) is 23.6 Å². The van der Waals surface area contributed by atoms with Gasteiger partial charge in [0.2, 0.25) is 5.95 Å². The van der Waals surface area contributed by atoms with Crippen molar-refractivity contribution >= 4 is 5.95 Å². The van der Waals surface area contributed by atoms with Crippen LogP contribution >= 0.6 is 0 Å². The van der Waals surface area contributed by atoms with Gasteiger partial charge in [-0.2, -0.15) is 13.2 Å². The van der Waals surface area contributed by atoms with E-state index in [1.807, 2.05) is 0 Å². The zero-order valence-electron chi connectivity index (χ0n) is 12.4. The fourth-order valence-corrected chi connectivity index (χ4v) is 1.96. The van der Waals surface area contributed by atoms with Gasteiger partial charge in [0.1, 0.15) is 5.82 Å². The molecule has 124 valence electrons. The molecule has 2 rings (SSSR count). The van der Waals surface area contributed by atoms with E-state index in [9.17, 15) is 18.0 Å². The third-order valence-corrected chi connectivity index (χ3v) is 2.96. The Morgan fingerprint density at radius 2 is 2.00 bits per heavy atom. The Morgan fingerprint density at radius 3 is 2.70 bits per heavy atom. The van der Waals surface area contributed by atoms with Crippen molar-refractivity contribution in [2.45, 2.75) is 32.4 Å². The SMILES string of the molecule is Cc1nc(CCNc2nccc(CCC(F)(F)F)n2)cc(=O)[nH]1. The highest BCUT2D eigenvalue weighted by Crippen LogP contribution is 2.21. The predicted octanol–water partition coefficient (Wildman–Crippen LogP) is 2.02. The van der Waals surface area contributed by atoms with Gasteiger partial charge in [-0.1, -0.05) is 0 Å². The third kappa shape index (κ3) is 6.05. The van der Waals surface area contributed by atoms with Crippen LogP contribution < -0.4 is 10.9 Å². The van der Waals surface area contributed by atoms with Gasteiger partial charge in [0, 0.05) is 43.0 Å². The van der Waals surface area contributed by atoms with E-state index in [4.69, 9.17) is 0 Å². The van der Waals surface area contributed by atoms with Gasteiger partial charge in [-0.25, -0.2) is 15.0 Å². The lowest BCUT2D eigenvalue weighted by Crippen LogP contribution is -2.15. The first-order valence-corrected chi connectivity index (χ1v) is 7.01. The van der Waals surface area contributed by atoms with Gasteiger partial charge < -0.3 is 10.3 Å². The Hall–Kier alpha value is -2.45. The number of aromatic amines is 1. The van der Waals surface area contributed by atoms with Crippen LogP contribution in [-0.4, -0.2) is 32.7 Å². The maximum Gasteiger partial charge on any atom is 0.389 e. The number of aromatic nitrogens is 4. The number of hydrogen-bond acceptors (Lipinski definition) is 5. The van der Waals surface area contributed by atoms with E-state index in [2.05, 4.69) is 25.3 Å². The highest BCUT2D eigenvalue weighted by molar-refractivity contribution is 5.25. The molecule has 0 atom stereocenters. The molecule has 0 fully saturated rings. The maximum absolute atomic E-state index is 12.2. The lowest BCUT2D eigenvalue weighted by atomic mass is 10.2. The molecule has 0 spiro atoms. The second-order valence-electron chi connectivity index (χ2n) is 4.99. The van der Waals surface area contributed by atoms with Crippen LogP contribution in [0.4, 0.5) is 19.1 Å². The number of hydrogen-bond donors (Lipinski definition) is 2. The molecule has 0 unspecified atom stereocenters. The zero-order valence-corrected chi connectivity index (χ0v) is 12.4. The van der Waals surface area contributed by atoms with Crippen LogP contribution in [0.3, 0.4) is 0 Å². The van der Waals surface area contributed by atoms with Crippen LogP contribution in [0.2, 0.25) is 0 Å². The molecule has 0 aromatic carbocycles. The molecule has 0 amide bonds. The largest absolute Gasteiger partial charge is 0.389 e. The summed E-state index contributed by atoms with van der Waals surface area (Å²) in [6, 6.07) is 2.86. The van der Waals surface area contributed by atoms with Crippen LogP contribution in [0.5, 0.6) is 0 Å². The summed E-state index contributed by atoms with van der Waals surface area (Å²) in [7, 11) is 0. The molecule has 0 bridgehead atoms. The number of nitrogens with zero attached hydrogens (tertiary/aromatic N) is 3. The van der Waals surface area contributed by atoms with Crippen molar-refractivity contribution in [2.75, 3.05) is 11.9 Å². The van der Waals surface area contributed by atoms with Gasteiger partial charge in [-0.3, -0.25) is 4.79 Å². The second kappa shape index (κ2) is 7.21. The average Bonchev–Trinajstić information content (AvgIpc) is 2.44. The number of anilines is 1. The van der Waals surface area contributed by atoms with Crippen molar-refractivity contribution < 1.29 is 13.2 Å². The number of aryl methyl sites for hydroxylation is 2. The third-order valence-electron chi connectivity index (χ3n) is 2.96. The van der Waals surface area contributed by atoms with E-state index < -0.39 is 12.6 Å². The molecule has 0 saturated heterocycles. The van der Waals surface area contributed by atoms with E-state index >= 15 is 0 Å². The van der Waals surface area contributed by atoms with Gasteiger partial charge in [0.05, 0.1) is 0 Å². The van der Waals surface area contributed by atoms with Gasteiger partial charge in [-0.15, -0.1) is 0 Å². The van der Waals surface area contributed by atoms with Crippen LogP contribution in [0, 0.1) is 6.92 Å². The minimum atomic E-state index is -4.21. The van der Waals surface area contributed by atoms with E-state index in [1.165, 1.54) is 18.3 Å². The van der Waals surface area contributed by atoms with Crippen molar-refractivity contribution in [2.24, 2.45) is 0 Å². The van der Waals surface area contributed by atoms with E-state index in [0.717, 1.165) is 0 Å². The number of rotatable bonds is 6. The summed E-state index contributed by atoms with van der Waals surface area (Å²) in [5.74, 6) is 0.782. The molecule has 2 aromatic heterocycles.